The van der Waals surface area contributed by atoms with Crippen molar-refractivity contribution in [3.8, 4) is 0 Å². The van der Waals surface area contributed by atoms with Crippen LogP contribution in [0.2, 0.25) is 0 Å². The second kappa shape index (κ2) is 7.16. The Balaban J connectivity index is 3.42. The van der Waals surface area contributed by atoms with Crippen molar-refractivity contribution in [3.05, 3.63) is 0 Å². The zero-order chi connectivity index (χ0) is 11.0. The Morgan fingerprint density at radius 1 is 1.36 bits per heavy atom. The molecule has 0 aromatic heterocycles. The first-order valence-corrected chi connectivity index (χ1v) is 6.40. The average molecular weight is 218 g/mol. The second-order valence-corrected chi connectivity index (χ2v) is 5.23. The molecule has 0 radical (unpaired) electrons. The molecule has 0 amide bonds. The van der Waals surface area contributed by atoms with Gasteiger partial charge in [-0.2, -0.15) is 11.8 Å². The largest absolute Gasteiger partial charge is 0.466 e. The van der Waals surface area contributed by atoms with Crippen molar-refractivity contribution in [2.45, 2.75) is 40.5 Å². The number of esters is 1. The second-order valence-electron chi connectivity index (χ2n) is 4.13. The van der Waals surface area contributed by atoms with Gasteiger partial charge in [-0.15, -0.1) is 0 Å². The van der Waals surface area contributed by atoms with Crippen molar-refractivity contribution >= 4 is 17.7 Å². The van der Waals surface area contributed by atoms with Crippen LogP contribution in [0.3, 0.4) is 0 Å². The van der Waals surface area contributed by atoms with Gasteiger partial charge in [-0.1, -0.05) is 27.2 Å². The smallest absolute Gasteiger partial charge is 0.306 e. The van der Waals surface area contributed by atoms with E-state index in [2.05, 4.69) is 20.8 Å². The lowest BCUT2D eigenvalue weighted by Crippen LogP contribution is -2.14. The van der Waals surface area contributed by atoms with Gasteiger partial charge in [0.25, 0.3) is 0 Å². The summed E-state index contributed by atoms with van der Waals surface area (Å²) >= 11 is 1.84. The SMILES string of the molecule is CCOC(=O)CCSCC(C)(C)CC. The number of hydrogen-bond acceptors (Lipinski definition) is 3. The van der Waals surface area contributed by atoms with E-state index in [0.717, 1.165) is 11.5 Å². The van der Waals surface area contributed by atoms with Crippen LogP contribution in [0, 0.1) is 5.41 Å². The Bertz CT molecular complexity index is 167. The number of rotatable bonds is 7. The van der Waals surface area contributed by atoms with Crippen molar-refractivity contribution in [3.63, 3.8) is 0 Å². The first-order valence-electron chi connectivity index (χ1n) is 5.25. The molecule has 14 heavy (non-hydrogen) atoms. The van der Waals surface area contributed by atoms with Crippen LogP contribution in [0.5, 0.6) is 0 Å². The van der Waals surface area contributed by atoms with Crippen LogP contribution in [0.25, 0.3) is 0 Å². The maximum absolute atomic E-state index is 11.0. The van der Waals surface area contributed by atoms with Gasteiger partial charge in [-0.25, -0.2) is 0 Å². The highest BCUT2D eigenvalue weighted by Crippen LogP contribution is 2.25. The molecule has 0 aromatic carbocycles. The summed E-state index contributed by atoms with van der Waals surface area (Å²) in [6.45, 7) is 9.04. The molecular formula is C11H22O2S. The van der Waals surface area contributed by atoms with Gasteiger partial charge < -0.3 is 4.74 Å². The van der Waals surface area contributed by atoms with Crippen LogP contribution >= 0.6 is 11.8 Å². The zero-order valence-electron chi connectivity index (χ0n) is 9.76. The van der Waals surface area contributed by atoms with Crippen molar-refractivity contribution < 1.29 is 9.53 Å². The molecule has 0 atom stereocenters. The fourth-order valence-electron chi connectivity index (χ4n) is 0.839. The maximum Gasteiger partial charge on any atom is 0.306 e. The molecule has 0 aliphatic heterocycles. The molecule has 0 aliphatic carbocycles. The monoisotopic (exact) mass is 218 g/mol. The van der Waals surface area contributed by atoms with E-state index in [1.165, 1.54) is 6.42 Å². The van der Waals surface area contributed by atoms with Gasteiger partial charge in [0.1, 0.15) is 0 Å². The van der Waals surface area contributed by atoms with Crippen molar-refractivity contribution in [1.82, 2.24) is 0 Å². The first-order chi connectivity index (χ1) is 6.52. The fourth-order valence-corrected chi connectivity index (χ4v) is 2.05. The summed E-state index contributed by atoms with van der Waals surface area (Å²) in [5.74, 6) is 1.92. The molecule has 0 saturated heterocycles. The molecule has 0 aliphatic rings. The summed E-state index contributed by atoms with van der Waals surface area (Å²) in [6, 6.07) is 0. The predicted octanol–water partition coefficient (Wildman–Crippen LogP) is 3.11. The van der Waals surface area contributed by atoms with Gasteiger partial charge in [0.15, 0.2) is 0 Å². The van der Waals surface area contributed by atoms with Gasteiger partial charge >= 0.3 is 5.97 Å². The summed E-state index contributed by atoms with van der Waals surface area (Å²) in [5, 5.41) is 0. The molecule has 0 aromatic rings. The third kappa shape index (κ3) is 7.25. The summed E-state index contributed by atoms with van der Waals surface area (Å²) < 4.78 is 4.85. The lowest BCUT2D eigenvalue weighted by Gasteiger charge is -2.21. The third-order valence-electron chi connectivity index (χ3n) is 2.21. The van der Waals surface area contributed by atoms with Gasteiger partial charge in [-0.05, 0) is 18.1 Å². The Morgan fingerprint density at radius 3 is 2.50 bits per heavy atom. The average Bonchev–Trinajstić information content (AvgIpc) is 2.13. The molecule has 0 N–H and O–H groups in total. The van der Waals surface area contributed by atoms with E-state index in [-0.39, 0.29) is 5.97 Å². The molecule has 0 unspecified atom stereocenters. The van der Waals surface area contributed by atoms with E-state index in [1.807, 2.05) is 18.7 Å². The van der Waals surface area contributed by atoms with E-state index in [4.69, 9.17) is 4.74 Å². The minimum absolute atomic E-state index is 0.0747. The number of carbonyl (C=O) groups excluding carboxylic acids is 1. The van der Waals surface area contributed by atoms with E-state index in [0.29, 0.717) is 18.4 Å². The van der Waals surface area contributed by atoms with Gasteiger partial charge in [0.05, 0.1) is 13.0 Å². The Hall–Kier alpha value is -0.180. The summed E-state index contributed by atoms with van der Waals surface area (Å²) in [6.07, 6.45) is 1.72. The van der Waals surface area contributed by atoms with Gasteiger partial charge in [0, 0.05) is 5.75 Å². The van der Waals surface area contributed by atoms with Crippen LogP contribution in [0.15, 0.2) is 0 Å². The predicted molar refractivity (Wildman–Crippen MR) is 62.6 cm³/mol. The molecule has 3 heteroatoms. The first kappa shape index (κ1) is 13.8. The van der Waals surface area contributed by atoms with Crippen LogP contribution in [0.4, 0.5) is 0 Å². The highest BCUT2D eigenvalue weighted by atomic mass is 32.2. The molecule has 0 fully saturated rings. The van der Waals surface area contributed by atoms with Crippen LogP contribution < -0.4 is 0 Å². The van der Waals surface area contributed by atoms with Gasteiger partial charge in [0.2, 0.25) is 0 Å². The minimum Gasteiger partial charge on any atom is -0.466 e. The fraction of sp³-hybridized carbons (Fsp3) is 0.909. The van der Waals surface area contributed by atoms with Crippen LogP contribution in [0.1, 0.15) is 40.5 Å². The number of thioether (sulfide) groups is 1. The number of ether oxygens (including phenoxy) is 1. The zero-order valence-corrected chi connectivity index (χ0v) is 10.6. The number of hydrogen-bond donors (Lipinski definition) is 0. The number of carbonyl (C=O) groups is 1. The van der Waals surface area contributed by atoms with Crippen LogP contribution in [-0.4, -0.2) is 24.1 Å². The molecule has 0 rings (SSSR count). The molecule has 0 heterocycles. The summed E-state index contributed by atoms with van der Waals surface area (Å²) in [7, 11) is 0. The summed E-state index contributed by atoms with van der Waals surface area (Å²) in [5.41, 5.74) is 0.388. The quantitative estimate of drug-likeness (QED) is 0.485. The van der Waals surface area contributed by atoms with E-state index >= 15 is 0 Å². The molecule has 0 bridgehead atoms. The van der Waals surface area contributed by atoms with Crippen LogP contribution in [-0.2, 0) is 9.53 Å². The molecule has 2 nitrogen and oxygen atoms in total. The normalized spacial score (nSPS) is 11.4. The lowest BCUT2D eigenvalue weighted by atomic mass is 9.93. The van der Waals surface area contributed by atoms with Crippen molar-refractivity contribution in [2.24, 2.45) is 5.41 Å². The highest BCUT2D eigenvalue weighted by Gasteiger charge is 2.14. The van der Waals surface area contributed by atoms with E-state index in [1.54, 1.807) is 0 Å². The molecular weight excluding hydrogens is 196 g/mol. The Morgan fingerprint density at radius 2 is 2.00 bits per heavy atom. The standard InChI is InChI=1S/C11H22O2S/c1-5-11(3,4)9-14-8-7-10(12)13-6-2/h5-9H2,1-4H3. The van der Waals surface area contributed by atoms with Gasteiger partial charge in [-0.3, -0.25) is 4.79 Å². The Labute approximate surface area is 91.8 Å². The highest BCUT2D eigenvalue weighted by molar-refractivity contribution is 7.99. The summed E-state index contributed by atoms with van der Waals surface area (Å²) in [4.78, 5) is 11.0. The minimum atomic E-state index is -0.0747. The molecule has 84 valence electrons. The Kier molecular flexibility index (Phi) is 7.06. The van der Waals surface area contributed by atoms with Crippen molar-refractivity contribution in [1.29, 1.82) is 0 Å². The van der Waals surface area contributed by atoms with E-state index in [9.17, 15) is 4.79 Å². The molecule has 0 spiro atoms. The maximum atomic E-state index is 11.0. The van der Waals surface area contributed by atoms with Crippen molar-refractivity contribution in [2.75, 3.05) is 18.1 Å². The van der Waals surface area contributed by atoms with E-state index < -0.39 is 0 Å². The topological polar surface area (TPSA) is 26.3 Å². The lowest BCUT2D eigenvalue weighted by molar-refractivity contribution is -0.142. The third-order valence-corrected chi connectivity index (χ3v) is 3.68. The molecule has 0 saturated carbocycles.